The smallest absolute Gasteiger partial charge is 0.190 e. The largest absolute Gasteiger partial charge is 0.309 e. The van der Waals surface area contributed by atoms with Crippen LogP contribution in [0.25, 0.3) is 0 Å². The second-order valence-corrected chi connectivity index (χ2v) is 8.42. The van der Waals surface area contributed by atoms with Gasteiger partial charge in [-0.2, -0.15) is 0 Å². The zero-order chi connectivity index (χ0) is 13.3. The molecule has 0 aromatic carbocycles. The van der Waals surface area contributed by atoms with Crippen molar-refractivity contribution in [3.63, 3.8) is 0 Å². The fourth-order valence-corrected chi connectivity index (χ4v) is 4.65. The van der Waals surface area contributed by atoms with Crippen molar-refractivity contribution in [1.82, 2.24) is 14.8 Å². The van der Waals surface area contributed by atoms with E-state index in [9.17, 15) is 8.42 Å². The number of thioether (sulfide) groups is 1. The quantitative estimate of drug-likeness (QED) is 0.785. The standard InChI is InChI=1S/C11H19N3O2S2/c1-8(2)6-17-11-13-12-10(14(11)3)9-4-5-18(15,16)7-9/h8-9H,4-7H2,1-3H3. The Morgan fingerprint density at radius 1 is 1.44 bits per heavy atom. The lowest BCUT2D eigenvalue weighted by Crippen LogP contribution is -2.09. The maximum atomic E-state index is 11.5. The molecule has 102 valence electrons. The molecule has 2 rings (SSSR count). The molecule has 1 fully saturated rings. The van der Waals surface area contributed by atoms with Crippen molar-refractivity contribution < 1.29 is 8.42 Å². The van der Waals surface area contributed by atoms with Gasteiger partial charge in [0.15, 0.2) is 15.0 Å². The van der Waals surface area contributed by atoms with E-state index in [0.717, 1.165) is 16.7 Å². The fraction of sp³-hybridized carbons (Fsp3) is 0.818. The van der Waals surface area contributed by atoms with Gasteiger partial charge in [-0.25, -0.2) is 8.42 Å². The number of nitrogens with zero attached hydrogens (tertiary/aromatic N) is 3. The van der Waals surface area contributed by atoms with Crippen molar-refractivity contribution in [1.29, 1.82) is 0 Å². The summed E-state index contributed by atoms with van der Waals surface area (Å²) in [4.78, 5) is 0. The van der Waals surface area contributed by atoms with E-state index in [-0.39, 0.29) is 17.4 Å². The number of hydrogen-bond donors (Lipinski definition) is 0. The van der Waals surface area contributed by atoms with E-state index < -0.39 is 9.84 Å². The molecule has 7 heteroatoms. The van der Waals surface area contributed by atoms with Crippen LogP contribution in [-0.2, 0) is 16.9 Å². The molecule has 0 saturated carbocycles. The summed E-state index contributed by atoms with van der Waals surface area (Å²) in [5.74, 6) is 2.91. The van der Waals surface area contributed by atoms with Crippen LogP contribution in [0.2, 0.25) is 0 Å². The molecule has 2 heterocycles. The van der Waals surface area contributed by atoms with Gasteiger partial charge >= 0.3 is 0 Å². The van der Waals surface area contributed by atoms with Gasteiger partial charge < -0.3 is 4.57 Å². The lowest BCUT2D eigenvalue weighted by atomic mass is 10.1. The van der Waals surface area contributed by atoms with E-state index in [1.165, 1.54) is 0 Å². The van der Waals surface area contributed by atoms with Gasteiger partial charge in [-0.05, 0) is 12.3 Å². The van der Waals surface area contributed by atoms with Crippen molar-refractivity contribution >= 4 is 21.6 Å². The third-order valence-corrected chi connectivity index (χ3v) is 6.23. The van der Waals surface area contributed by atoms with Crippen LogP contribution in [0.4, 0.5) is 0 Å². The molecule has 1 saturated heterocycles. The Morgan fingerprint density at radius 2 is 2.17 bits per heavy atom. The Labute approximate surface area is 112 Å². The summed E-state index contributed by atoms with van der Waals surface area (Å²) in [6.07, 6.45) is 0.670. The second kappa shape index (κ2) is 5.21. The van der Waals surface area contributed by atoms with Crippen molar-refractivity contribution in [2.24, 2.45) is 13.0 Å². The highest BCUT2D eigenvalue weighted by Crippen LogP contribution is 2.29. The van der Waals surface area contributed by atoms with Gasteiger partial charge in [-0.1, -0.05) is 25.6 Å². The monoisotopic (exact) mass is 289 g/mol. The first-order valence-corrected chi connectivity index (χ1v) is 8.92. The van der Waals surface area contributed by atoms with Gasteiger partial charge in [-0.3, -0.25) is 0 Å². The molecular formula is C11H19N3O2S2. The predicted molar refractivity (Wildman–Crippen MR) is 72.6 cm³/mol. The molecular weight excluding hydrogens is 270 g/mol. The molecule has 0 radical (unpaired) electrons. The molecule has 0 bridgehead atoms. The van der Waals surface area contributed by atoms with E-state index in [4.69, 9.17) is 0 Å². The van der Waals surface area contributed by atoms with Crippen LogP contribution in [0.15, 0.2) is 5.16 Å². The second-order valence-electron chi connectivity index (χ2n) is 5.20. The summed E-state index contributed by atoms with van der Waals surface area (Å²) in [5, 5.41) is 9.21. The van der Waals surface area contributed by atoms with Crippen LogP contribution in [0.5, 0.6) is 0 Å². The zero-order valence-corrected chi connectivity index (χ0v) is 12.6. The highest BCUT2D eigenvalue weighted by atomic mass is 32.2. The Morgan fingerprint density at radius 3 is 2.72 bits per heavy atom. The molecule has 0 aliphatic carbocycles. The van der Waals surface area contributed by atoms with Crippen molar-refractivity contribution in [2.45, 2.75) is 31.3 Å². The van der Waals surface area contributed by atoms with E-state index in [1.807, 2.05) is 11.6 Å². The van der Waals surface area contributed by atoms with Gasteiger partial charge in [0.05, 0.1) is 11.5 Å². The molecule has 1 aliphatic heterocycles. The number of aromatic nitrogens is 3. The molecule has 0 N–H and O–H groups in total. The van der Waals surface area contributed by atoms with Crippen LogP contribution in [0.3, 0.4) is 0 Å². The van der Waals surface area contributed by atoms with Gasteiger partial charge in [0.2, 0.25) is 0 Å². The van der Waals surface area contributed by atoms with E-state index in [1.54, 1.807) is 11.8 Å². The first kappa shape index (κ1) is 13.9. The molecule has 0 amide bonds. The van der Waals surface area contributed by atoms with E-state index in [2.05, 4.69) is 24.0 Å². The van der Waals surface area contributed by atoms with Crippen LogP contribution in [-0.4, -0.2) is 40.4 Å². The van der Waals surface area contributed by atoms with Gasteiger partial charge in [0, 0.05) is 18.7 Å². The first-order chi connectivity index (χ1) is 8.39. The maximum absolute atomic E-state index is 11.5. The number of rotatable bonds is 4. The van der Waals surface area contributed by atoms with Crippen molar-refractivity contribution in [3.05, 3.63) is 5.82 Å². The predicted octanol–water partition coefficient (Wildman–Crippen LogP) is 1.47. The summed E-state index contributed by atoms with van der Waals surface area (Å²) < 4.78 is 24.9. The number of hydrogen-bond acceptors (Lipinski definition) is 5. The van der Waals surface area contributed by atoms with E-state index in [0.29, 0.717) is 12.3 Å². The summed E-state index contributed by atoms with van der Waals surface area (Å²) in [6.45, 7) is 4.32. The summed E-state index contributed by atoms with van der Waals surface area (Å²) in [7, 11) is -0.945. The molecule has 1 aromatic heterocycles. The SMILES string of the molecule is CC(C)CSc1nnc(C2CCS(=O)(=O)C2)n1C. The molecule has 1 unspecified atom stereocenters. The van der Waals surface area contributed by atoms with Crippen LogP contribution in [0, 0.1) is 5.92 Å². The van der Waals surface area contributed by atoms with Crippen LogP contribution < -0.4 is 0 Å². The van der Waals surface area contributed by atoms with E-state index >= 15 is 0 Å². The van der Waals surface area contributed by atoms with Gasteiger partial charge in [0.25, 0.3) is 0 Å². The molecule has 1 aromatic rings. The highest BCUT2D eigenvalue weighted by molar-refractivity contribution is 7.99. The minimum absolute atomic E-state index is 0.0147. The fourth-order valence-electron chi connectivity index (χ4n) is 2.05. The Bertz CT molecular complexity index is 522. The summed E-state index contributed by atoms with van der Waals surface area (Å²) in [5.41, 5.74) is 0. The van der Waals surface area contributed by atoms with Gasteiger partial charge in [-0.15, -0.1) is 10.2 Å². The van der Waals surface area contributed by atoms with Crippen LogP contribution >= 0.6 is 11.8 Å². The topological polar surface area (TPSA) is 64.8 Å². The third kappa shape index (κ3) is 3.06. The minimum atomic E-state index is -2.86. The first-order valence-electron chi connectivity index (χ1n) is 6.11. The van der Waals surface area contributed by atoms with Crippen molar-refractivity contribution in [2.75, 3.05) is 17.3 Å². The Balaban J connectivity index is 2.11. The Kier molecular flexibility index (Phi) is 4.01. The summed E-state index contributed by atoms with van der Waals surface area (Å²) in [6, 6.07) is 0. The molecule has 18 heavy (non-hydrogen) atoms. The highest BCUT2D eigenvalue weighted by Gasteiger charge is 2.32. The van der Waals surface area contributed by atoms with Crippen molar-refractivity contribution in [3.8, 4) is 0 Å². The lowest BCUT2D eigenvalue weighted by Gasteiger charge is -2.08. The molecule has 5 nitrogen and oxygen atoms in total. The molecule has 1 aliphatic rings. The molecule has 0 spiro atoms. The average molecular weight is 289 g/mol. The normalized spacial score (nSPS) is 22.8. The van der Waals surface area contributed by atoms with Gasteiger partial charge in [0.1, 0.15) is 5.82 Å². The zero-order valence-electron chi connectivity index (χ0n) is 11.0. The molecule has 1 atom stereocenters. The third-order valence-electron chi connectivity index (χ3n) is 3.01. The lowest BCUT2D eigenvalue weighted by molar-refractivity contribution is 0.599. The minimum Gasteiger partial charge on any atom is -0.309 e. The van der Waals surface area contributed by atoms with Crippen LogP contribution in [0.1, 0.15) is 32.0 Å². The maximum Gasteiger partial charge on any atom is 0.190 e. The average Bonchev–Trinajstić information content (AvgIpc) is 2.79. The number of sulfone groups is 1. The Hall–Kier alpha value is -0.560. The summed E-state index contributed by atoms with van der Waals surface area (Å²) >= 11 is 1.67.